The fraction of sp³-hybridized carbons (Fsp3) is 0.125. The van der Waals surface area contributed by atoms with Crippen molar-refractivity contribution >= 4 is 50.8 Å². The minimum absolute atomic E-state index is 0.413. The summed E-state index contributed by atoms with van der Waals surface area (Å²) in [6.07, 6.45) is 0. The van der Waals surface area contributed by atoms with Crippen molar-refractivity contribution < 1.29 is 9.90 Å². The standard InChI is InChI=1S/C16H12N4O2S2/c1-9(15(21)22)24-16-19-13(12-6-7-23-14(12)20-16)18-11-4-2-10(8-17)3-5-11/h2-7,9H,1H3,(H,21,22)(H,18,19,20). The van der Waals surface area contributed by atoms with E-state index in [0.29, 0.717) is 16.5 Å². The Balaban J connectivity index is 1.94. The molecule has 120 valence electrons. The highest BCUT2D eigenvalue weighted by Crippen LogP contribution is 2.31. The van der Waals surface area contributed by atoms with Gasteiger partial charge in [-0.05, 0) is 42.6 Å². The van der Waals surface area contributed by atoms with Crippen LogP contribution in [0.3, 0.4) is 0 Å². The van der Waals surface area contributed by atoms with E-state index in [4.69, 9.17) is 10.4 Å². The van der Waals surface area contributed by atoms with Crippen LogP contribution in [-0.2, 0) is 4.79 Å². The Morgan fingerprint density at radius 1 is 1.33 bits per heavy atom. The van der Waals surface area contributed by atoms with Gasteiger partial charge in [0.25, 0.3) is 0 Å². The molecule has 1 aromatic carbocycles. The zero-order valence-electron chi connectivity index (χ0n) is 12.6. The number of thiophene rings is 1. The van der Waals surface area contributed by atoms with Crippen LogP contribution in [0, 0.1) is 11.3 Å². The number of nitrogens with one attached hydrogen (secondary N) is 1. The average Bonchev–Trinajstić information content (AvgIpc) is 3.04. The highest BCUT2D eigenvalue weighted by atomic mass is 32.2. The number of hydrogen-bond donors (Lipinski definition) is 2. The van der Waals surface area contributed by atoms with Crippen LogP contribution >= 0.6 is 23.1 Å². The minimum Gasteiger partial charge on any atom is -0.480 e. The number of aliphatic carboxylic acids is 1. The van der Waals surface area contributed by atoms with Gasteiger partial charge < -0.3 is 10.4 Å². The lowest BCUT2D eigenvalue weighted by Crippen LogP contribution is -2.12. The van der Waals surface area contributed by atoms with Crippen LogP contribution in [0.15, 0.2) is 40.9 Å². The van der Waals surface area contributed by atoms with Gasteiger partial charge in [0, 0.05) is 5.69 Å². The second-order valence-electron chi connectivity index (χ2n) is 4.91. The molecule has 6 nitrogen and oxygen atoms in total. The fourth-order valence-electron chi connectivity index (χ4n) is 1.96. The minimum atomic E-state index is -0.906. The second kappa shape index (κ2) is 6.86. The van der Waals surface area contributed by atoms with Crippen molar-refractivity contribution in [3.63, 3.8) is 0 Å². The summed E-state index contributed by atoms with van der Waals surface area (Å²) in [5.74, 6) is -0.289. The monoisotopic (exact) mass is 356 g/mol. The van der Waals surface area contributed by atoms with E-state index < -0.39 is 11.2 Å². The van der Waals surface area contributed by atoms with Gasteiger partial charge in [0.05, 0.1) is 17.0 Å². The molecular formula is C16H12N4O2S2. The Morgan fingerprint density at radius 3 is 2.75 bits per heavy atom. The largest absolute Gasteiger partial charge is 0.480 e. The normalized spacial score (nSPS) is 11.8. The Bertz CT molecular complexity index is 931. The fourth-order valence-corrected chi connectivity index (χ4v) is 3.48. The van der Waals surface area contributed by atoms with Gasteiger partial charge in [-0.25, -0.2) is 9.97 Å². The van der Waals surface area contributed by atoms with Gasteiger partial charge in [-0.3, -0.25) is 4.79 Å². The quantitative estimate of drug-likeness (QED) is 0.529. The number of carboxylic acid groups (broad SMARTS) is 1. The van der Waals surface area contributed by atoms with Crippen LogP contribution in [-0.4, -0.2) is 26.3 Å². The Kier molecular flexibility index (Phi) is 4.64. The summed E-state index contributed by atoms with van der Waals surface area (Å²) < 4.78 is 0. The molecule has 2 aromatic heterocycles. The van der Waals surface area contributed by atoms with Crippen molar-refractivity contribution in [1.29, 1.82) is 5.26 Å². The second-order valence-corrected chi connectivity index (χ2v) is 7.11. The number of nitriles is 1. The summed E-state index contributed by atoms with van der Waals surface area (Å²) in [6, 6.07) is 11.0. The molecule has 0 aliphatic heterocycles. The third kappa shape index (κ3) is 3.48. The molecule has 0 aliphatic carbocycles. The molecule has 0 saturated heterocycles. The van der Waals surface area contributed by atoms with Crippen LogP contribution in [0.1, 0.15) is 12.5 Å². The number of rotatable bonds is 5. The number of thioether (sulfide) groups is 1. The van der Waals surface area contributed by atoms with E-state index in [9.17, 15) is 4.79 Å². The van der Waals surface area contributed by atoms with E-state index in [-0.39, 0.29) is 0 Å². The van der Waals surface area contributed by atoms with Gasteiger partial charge in [0.15, 0.2) is 5.16 Å². The number of carboxylic acids is 1. The molecule has 2 N–H and O–H groups in total. The molecule has 0 spiro atoms. The molecule has 8 heteroatoms. The first-order chi connectivity index (χ1) is 11.6. The van der Waals surface area contributed by atoms with Crippen LogP contribution in [0.4, 0.5) is 11.5 Å². The van der Waals surface area contributed by atoms with Crippen molar-refractivity contribution in [3.8, 4) is 6.07 Å². The highest BCUT2D eigenvalue weighted by Gasteiger charge is 2.17. The molecule has 1 unspecified atom stereocenters. The van der Waals surface area contributed by atoms with E-state index in [0.717, 1.165) is 27.7 Å². The van der Waals surface area contributed by atoms with Crippen molar-refractivity contribution in [2.75, 3.05) is 5.32 Å². The number of aromatic nitrogens is 2. The van der Waals surface area contributed by atoms with Gasteiger partial charge >= 0.3 is 5.97 Å². The number of hydrogen-bond acceptors (Lipinski definition) is 7. The van der Waals surface area contributed by atoms with Gasteiger partial charge in [0.2, 0.25) is 0 Å². The molecule has 24 heavy (non-hydrogen) atoms. The zero-order chi connectivity index (χ0) is 17.1. The maximum Gasteiger partial charge on any atom is 0.316 e. The molecule has 1 atom stereocenters. The van der Waals surface area contributed by atoms with Crippen molar-refractivity contribution in [2.45, 2.75) is 17.3 Å². The summed E-state index contributed by atoms with van der Waals surface area (Å²) in [5, 5.41) is 23.7. The van der Waals surface area contributed by atoms with Crippen LogP contribution < -0.4 is 5.32 Å². The molecule has 0 aliphatic rings. The molecule has 0 fully saturated rings. The third-order valence-corrected chi connectivity index (χ3v) is 4.97. The van der Waals surface area contributed by atoms with Crippen LogP contribution in [0.25, 0.3) is 10.2 Å². The van der Waals surface area contributed by atoms with E-state index in [2.05, 4.69) is 21.4 Å². The first-order valence-electron chi connectivity index (χ1n) is 6.98. The molecule has 2 heterocycles. The summed E-state index contributed by atoms with van der Waals surface area (Å²) in [5.41, 5.74) is 1.37. The zero-order valence-corrected chi connectivity index (χ0v) is 14.2. The van der Waals surface area contributed by atoms with E-state index >= 15 is 0 Å². The smallest absolute Gasteiger partial charge is 0.316 e. The maximum atomic E-state index is 11.0. The predicted octanol–water partition coefficient (Wildman–Crippen LogP) is 3.87. The van der Waals surface area contributed by atoms with Crippen molar-refractivity contribution in [1.82, 2.24) is 9.97 Å². The van der Waals surface area contributed by atoms with E-state index in [1.807, 2.05) is 11.4 Å². The number of fused-ring (bicyclic) bond motifs is 1. The Hall–Kier alpha value is -2.63. The van der Waals surface area contributed by atoms with E-state index in [1.165, 1.54) is 11.3 Å². The first-order valence-corrected chi connectivity index (χ1v) is 8.74. The molecule has 3 rings (SSSR count). The highest BCUT2D eigenvalue weighted by molar-refractivity contribution is 8.00. The Morgan fingerprint density at radius 2 is 2.08 bits per heavy atom. The molecule has 3 aromatic rings. The van der Waals surface area contributed by atoms with Crippen LogP contribution in [0.2, 0.25) is 0 Å². The lowest BCUT2D eigenvalue weighted by atomic mass is 10.2. The molecule has 0 radical (unpaired) electrons. The molecule has 0 bridgehead atoms. The summed E-state index contributed by atoms with van der Waals surface area (Å²) in [6.45, 7) is 1.60. The molecular weight excluding hydrogens is 344 g/mol. The topological polar surface area (TPSA) is 98.9 Å². The van der Waals surface area contributed by atoms with Crippen LogP contribution in [0.5, 0.6) is 0 Å². The molecule has 0 amide bonds. The number of nitrogens with zero attached hydrogens (tertiary/aromatic N) is 3. The SMILES string of the molecule is CC(Sc1nc(Nc2ccc(C#N)cc2)c2ccsc2n1)C(=O)O. The van der Waals surface area contributed by atoms with Gasteiger partial charge in [-0.15, -0.1) is 11.3 Å². The van der Waals surface area contributed by atoms with Crippen molar-refractivity contribution in [2.24, 2.45) is 0 Å². The van der Waals surface area contributed by atoms with Gasteiger partial charge in [-0.2, -0.15) is 5.26 Å². The Labute approximate surface area is 146 Å². The third-order valence-electron chi connectivity index (χ3n) is 3.21. The number of benzene rings is 1. The summed E-state index contributed by atoms with van der Waals surface area (Å²) >= 11 is 2.58. The summed E-state index contributed by atoms with van der Waals surface area (Å²) in [4.78, 5) is 20.7. The lowest BCUT2D eigenvalue weighted by molar-refractivity contribution is -0.136. The van der Waals surface area contributed by atoms with Gasteiger partial charge in [0.1, 0.15) is 15.9 Å². The van der Waals surface area contributed by atoms with E-state index in [1.54, 1.807) is 31.2 Å². The predicted molar refractivity (Wildman–Crippen MR) is 94.8 cm³/mol. The number of carbonyl (C=O) groups is 1. The lowest BCUT2D eigenvalue weighted by Gasteiger charge is -2.10. The van der Waals surface area contributed by atoms with Crippen molar-refractivity contribution in [3.05, 3.63) is 41.3 Å². The van der Waals surface area contributed by atoms with Gasteiger partial charge in [-0.1, -0.05) is 11.8 Å². The maximum absolute atomic E-state index is 11.0. The molecule has 0 saturated carbocycles. The number of anilines is 2. The summed E-state index contributed by atoms with van der Waals surface area (Å²) in [7, 11) is 0. The average molecular weight is 356 g/mol. The first kappa shape index (κ1) is 16.2.